The second-order valence-electron chi connectivity index (χ2n) is 4.72. The fourth-order valence-corrected chi connectivity index (χ4v) is 2.59. The van der Waals surface area contributed by atoms with E-state index in [0.717, 1.165) is 11.3 Å². The summed E-state index contributed by atoms with van der Waals surface area (Å²) in [6, 6.07) is 19.2. The van der Waals surface area contributed by atoms with Gasteiger partial charge in [-0.2, -0.15) is 0 Å². The predicted molar refractivity (Wildman–Crippen MR) is 73.7 cm³/mol. The van der Waals surface area contributed by atoms with Gasteiger partial charge in [0.15, 0.2) is 0 Å². The van der Waals surface area contributed by atoms with Crippen LogP contribution in [-0.4, -0.2) is 17.1 Å². The van der Waals surface area contributed by atoms with E-state index in [9.17, 15) is 9.90 Å². The Hall–Kier alpha value is -2.13. The number of aliphatic hydroxyl groups excluding tert-OH is 1. The van der Waals surface area contributed by atoms with Gasteiger partial charge in [0, 0.05) is 12.1 Å². The highest BCUT2D eigenvalue weighted by Crippen LogP contribution is 2.36. The van der Waals surface area contributed by atoms with Crippen LogP contribution < -0.4 is 4.90 Å². The number of carbonyl (C=O) groups excluding carboxylic acids is 1. The first kappa shape index (κ1) is 11.9. The lowest BCUT2D eigenvalue weighted by molar-refractivity contribution is -0.124. The maximum absolute atomic E-state index is 12.2. The number of anilines is 1. The second-order valence-corrected chi connectivity index (χ2v) is 4.72. The van der Waals surface area contributed by atoms with E-state index in [1.165, 1.54) is 0 Å². The molecule has 2 aromatic carbocycles. The molecule has 1 amide bonds. The Balaban J connectivity index is 2.02. The highest BCUT2D eigenvalue weighted by Gasteiger charge is 2.39. The van der Waals surface area contributed by atoms with Crippen LogP contribution in [0, 0.1) is 0 Å². The highest BCUT2D eigenvalue weighted by molar-refractivity contribution is 5.99. The van der Waals surface area contributed by atoms with Gasteiger partial charge in [-0.3, -0.25) is 4.79 Å². The number of para-hydroxylation sites is 1. The lowest BCUT2D eigenvalue weighted by Gasteiger charge is -2.24. The molecule has 0 bridgehead atoms. The third-order valence-electron chi connectivity index (χ3n) is 3.50. The zero-order valence-corrected chi connectivity index (χ0v) is 10.4. The number of rotatable bonds is 2. The molecule has 3 rings (SSSR count). The number of aliphatic hydroxyl groups is 1. The molecular weight excluding hydrogens is 238 g/mol. The van der Waals surface area contributed by atoms with E-state index < -0.39 is 6.10 Å². The molecule has 0 aliphatic carbocycles. The van der Waals surface area contributed by atoms with Crippen LogP contribution in [0.2, 0.25) is 0 Å². The molecule has 0 saturated carbocycles. The molecule has 2 atom stereocenters. The van der Waals surface area contributed by atoms with Gasteiger partial charge in [0.05, 0.1) is 6.04 Å². The molecule has 0 radical (unpaired) electrons. The van der Waals surface area contributed by atoms with Gasteiger partial charge < -0.3 is 10.0 Å². The lowest BCUT2D eigenvalue weighted by atomic mass is 10.0. The summed E-state index contributed by atoms with van der Waals surface area (Å²) in [6.07, 6.45) is -0.469. The Labute approximate surface area is 112 Å². The summed E-state index contributed by atoms with van der Waals surface area (Å²) in [5, 5.41) is 9.87. The Morgan fingerprint density at radius 2 is 1.53 bits per heavy atom. The lowest BCUT2D eigenvalue weighted by Crippen LogP contribution is -2.30. The summed E-state index contributed by atoms with van der Waals surface area (Å²) in [7, 11) is 0. The molecule has 1 aliphatic heterocycles. The van der Waals surface area contributed by atoms with E-state index in [0.29, 0.717) is 6.42 Å². The standard InChI is InChI=1S/C16H15NO2/c18-15-11-14(12-7-3-1-4-8-12)17(16(15)19)13-9-5-2-6-10-13/h1-10,14-15,18H,11H2. The minimum Gasteiger partial charge on any atom is -0.383 e. The Kier molecular flexibility index (Phi) is 3.05. The third kappa shape index (κ3) is 2.13. The van der Waals surface area contributed by atoms with Crippen molar-refractivity contribution in [3.8, 4) is 0 Å². The quantitative estimate of drug-likeness (QED) is 0.893. The molecule has 1 N–H and O–H groups in total. The van der Waals surface area contributed by atoms with Gasteiger partial charge in [-0.05, 0) is 17.7 Å². The smallest absolute Gasteiger partial charge is 0.256 e. The van der Waals surface area contributed by atoms with Crippen LogP contribution in [0.3, 0.4) is 0 Å². The number of nitrogens with zero attached hydrogens (tertiary/aromatic N) is 1. The average Bonchev–Trinajstić information content (AvgIpc) is 2.77. The molecule has 2 unspecified atom stereocenters. The summed E-state index contributed by atoms with van der Waals surface area (Å²) in [6.45, 7) is 0. The van der Waals surface area contributed by atoms with Gasteiger partial charge >= 0.3 is 0 Å². The van der Waals surface area contributed by atoms with E-state index in [2.05, 4.69) is 0 Å². The van der Waals surface area contributed by atoms with Crippen molar-refractivity contribution in [1.82, 2.24) is 0 Å². The maximum atomic E-state index is 12.2. The Bertz CT molecular complexity index is 568. The minimum atomic E-state index is -0.912. The van der Waals surface area contributed by atoms with Crippen LogP contribution in [0.25, 0.3) is 0 Å². The van der Waals surface area contributed by atoms with Crippen molar-refractivity contribution in [2.45, 2.75) is 18.6 Å². The average molecular weight is 253 g/mol. The van der Waals surface area contributed by atoms with Crippen molar-refractivity contribution in [3.05, 3.63) is 66.2 Å². The number of hydrogen-bond acceptors (Lipinski definition) is 2. The molecule has 0 spiro atoms. The molecule has 2 aromatic rings. The van der Waals surface area contributed by atoms with Gasteiger partial charge in [0.2, 0.25) is 0 Å². The van der Waals surface area contributed by atoms with Crippen molar-refractivity contribution in [2.75, 3.05) is 4.90 Å². The van der Waals surface area contributed by atoms with Gasteiger partial charge in [0.25, 0.3) is 5.91 Å². The maximum Gasteiger partial charge on any atom is 0.256 e. The summed E-state index contributed by atoms with van der Waals surface area (Å²) in [5.74, 6) is -0.222. The van der Waals surface area contributed by atoms with Crippen LogP contribution in [0.5, 0.6) is 0 Å². The van der Waals surface area contributed by atoms with Crippen LogP contribution in [0.4, 0.5) is 5.69 Å². The topological polar surface area (TPSA) is 40.5 Å². The van der Waals surface area contributed by atoms with Crippen molar-refractivity contribution in [2.24, 2.45) is 0 Å². The van der Waals surface area contributed by atoms with Crippen molar-refractivity contribution in [1.29, 1.82) is 0 Å². The van der Waals surface area contributed by atoms with E-state index in [1.807, 2.05) is 60.7 Å². The SMILES string of the molecule is O=C1C(O)CC(c2ccccc2)N1c1ccccc1. The van der Waals surface area contributed by atoms with Crippen LogP contribution in [0.1, 0.15) is 18.0 Å². The molecule has 19 heavy (non-hydrogen) atoms. The summed E-state index contributed by atoms with van der Waals surface area (Å²) in [5.41, 5.74) is 1.88. The summed E-state index contributed by atoms with van der Waals surface area (Å²) < 4.78 is 0. The fourth-order valence-electron chi connectivity index (χ4n) is 2.59. The van der Waals surface area contributed by atoms with E-state index in [1.54, 1.807) is 4.90 Å². The molecule has 1 heterocycles. The molecule has 3 nitrogen and oxygen atoms in total. The van der Waals surface area contributed by atoms with Crippen LogP contribution in [0.15, 0.2) is 60.7 Å². The van der Waals surface area contributed by atoms with Gasteiger partial charge in [-0.15, -0.1) is 0 Å². The normalized spacial score (nSPS) is 22.8. The molecule has 1 saturated heterocycles. The van der Waals surface area contributed by atoms with Crippen molar-refractivity contribution >= 4 is 11.6 Å². The first-order valence-corrected chi connectivity index (χ1v) is 6.38. The number of hydrogen-bond donors (Lipinski definition) is 1. The van der Waals surface area contributed by atoms with Gasteiger partial charge in [-0.1, -0.05) is 48.5 Å². The van der Waals surface area contributed by atoms with E-state index >= 15 is 0 Å². The summed E-state index contributed by atoms with van der Waals surface area (Å²) >= 11 is 0. The molecule has 1 aliphatic rings. The number of benzene rings is 2. The number of amides is 1. The first-order valence-electron chi connectivity index (χ1n) is 6.38. The molecule has 96 valence electrons. The molecule has 3 heteroatoms. The predicted octanol–water partition coefficient (Wildman–Crippen LogP) is 2.53. The minimum absolute atomic E-state index is 0.0916. The van der Waals surface area contributed by atoms with Crippen LogP contribution in [-0.2, 0) is 4.79 Å². The second kappa shape index (κ2) is 4.86. The zero-order chi connectivity index (χ0) is 13.2. The largest absolute Gasteiger partial charge is 0.383 e. The zero-order valence-electron chi connectivity index (χ0n) is 10.4. The fraction of sp³-hybridized carbons (Fsp3) is 0.188. The molecule has 1 fully saturated rings. The van der Waals surface area contributed by atoms with Gasteiger partial charge in [0.1, 0.15) is 6.10 Å². The van der Waals surface area contributed by atoms with Crippen molar-refractivity contribution in [3.63, 3.8) is 0 Å². The van der Waals surface area contributed by atoms with E-state index in [4.69, 9.17) is 0 Å². The summed E-state index contributed by atoms with van der Waals surface area (Å²) in [4.78, 5) is 13.9. The first-order chi connectivity index (χ1) is 9.27. The third-order valence-corrected chi connectivity index (χ3v) is 3.50. The monoisotopic (exact) mass is 253 g/mol. The van der Waals surface area contributed by atoms with Crippen molar-refractivity contribution < 1.29 is 9.90 Å². The Morgan fingerprint density at radius 3 is 2.16 bits per heavy atom. The van der Waals surface area contributed by atoms with Gasteiger partial charge in [-0.25, -0.2) is 0 Å². The van der Waals surface area contributed by atoms with Crippen LogP contribution >= 0.6 is 0 Å². The highest BCUT2D eigenvalue weighted by atomic mass is 16.3. The van der Waals surface area contributed by atoms with E-state index in [-0.39, 0.29) is 11.9 Å². The Morgan fingerprint density at radius 1 is 0.947 bits per heavy atom. The molecular formula is C16H15NO2. The number of carbonyl (C=O) groups is 1. The molecule has 0 aromatic heterocycles.